The lowest BCUT2D eigenvalue weighted by Gasteiger charge is -2.25. The summed E-state index contributed by atoms with van der Waals surface area (Å²) in [5.41, 5.74) is 4.95. The third kappa shape index (κ3) is 4.12. The first-order valence-electron chi connectivity index (χ1n) is 9.64. The maximum absolute atomic E-state index is 12.8. The highest BCUT2D eigenvalue weighted by molar-refractivity contribution is 9.13. The molecule has 4 rings (SSSR count). The Morgan fingerprint density at radius 2 is 1.55 bits per heavy atom. The Labute approximate surface area is 196 Å². The molecule has 7 heteroatoms. The lowest BCUT2D eigenvalue weighted by Crippen LogP contribution is -2.36. The summed E-state index contributed by atoms with van der Waals surface area (Å²) in [4.78, 5) is 25.9. The zero-order chi connectivity index (χ0) is 22.1. The number of hydrogen-bond acceptors (Lipinski definition) is 3. The van der Waals surface area contributed by atoms with Gasteiger partial charge >= 0.3 is 12.1 Å². The fourth-order valence-electron chi connectivity index (χ4n) is 4.02. The molecule has 1 aliphatic carbocycles. The van der Waals surface area contributed by atoms with Gasteiger partial charge in [0.25, 0.3) is 0 Å². The largest absolute Gasteiger partial charge is 0.479 e. The average molecular weight is 545 g/mol. The van der Waals surface area contributed by atoms with Gasteiger partial charge in [-0.15, -0.1) is 0 Å². The lowest BCUT2D eigenvalue weighted by molar-refractivity contribution is -0.142. The maximum atomic E-state index is 12.8. The van der Waals surface area contributed by atoms with Crippen LogP contribution in [0.2, 0.25) is 0 Å². The number of ether oxygens (including phenoxy) is 1. The fraction of sp³-hybridized carbons (Fsp3) is 0.167. The minimum atomic E-state index is -1.17. The molecule has 5 nitrogen and oxygen atoms in total. The molecule has 3 aromatic rings. The number of carboxylic acid groups (broad SMARTS) is 1. The van der Waals surface area contributed by atoms with E-state index in [4.69, 9.17) is 4.74 Å². The van der Waals surface area contributed by atoms with Crippen molar-refractivity contribution in [1.82, 2.24) is 4.90 Å². The van der Waals surface area contributed by atoms with E-state index in [1.165, 1.54) is 7.05 Å². The van der Waals surface area contributed by atoms with Crippen LogP contribution < -0.4 is 0 Å². The highest BCUT2D eigenvalue weighted by Gasteiger charge is 2.32. The number of carbonyl (C=O) groups excluding carboxylic acids is 1. The summed E-state index contributed by atoms with van der Waals surface area (Å²) in [6, 6.07) is 20.0. The standard InChI is InChI=1S/C24H19Br2NO4/c1-27(22(23(28)29)14-10-11-20(25)21(26)12-14)24(30)31-13-19-17-8-4-2-6-15(17)16-7-3-5-9-18(16)19/h2-12,19,22H,13H2,1H3,(H,28,29). The summed E-state index contributed by atoms with van der Waals surface area (Å²) < 4.78 is 7.11. The average Bonchev–Trinajstić information content (AvgIpc) is 3.08. The molecule has 1 amide bonds. The molecule has 1 aliphatic rings. The van der Waals surface area contributed by atoms with Gasteiger partial charge < -0.3 is 9.84 Å². The van der Waals surface area contributed by atoms with E-state index in [1.807, 2.05) is 36.4 Å². The van der Waals surface area contributed by atoms with Crippen LogP contribution in [0.5, 0.6) is 0 Å². The molecule has 0 radical (unpaired) electrons. The second-order valence-corrected chi connectivity index (χ2v) is 9.04. The van der Waals surface area contributed by atoms with Crippen molar-refractivity contribution >= 4 is 43.9 Å². The van der Waals surface area contributed by atoms with Crippen molar-refractivity contribution in [2.24, 2.45) is 0 Å². The van der Waals surface area contributed by atoms with Crippen molar-refractivity contribution < 1.29 is 19.4 Å². The smallest absolute Gasteiger partial charge is 0.410 e. The van der Waals surface area contributed by atoms with Crippen LogP contribution in [-0.4, -0.2) is 35.7 Å². The third-order valence-corrected chi connectivity index (χ3v) is 7.38. The number of carboxylic acids is 1. The van der Waals surface area contributed by atoms with Crippen LogP contribution in [0.25, 0.3) is 11.1 Å². The van der Waals surface area contributed by atoms with E-state index in [2.05, 4.69) is 44.0 Å². The van der Waals surface area contributed by atoms with Crippen LogP contribution in [0.1, 0.15) is 28.7 Å². The van der Waals surface area contributed by atoms with Gasteiger partial charge in [-0.2, -0.15) is 0 Å². The predicted molar refractivity (Wildman–Crippen MR) is 125 cm³/mol. The Balaban J connectivity index is 1.54. The van der Waals surface area contributed by atoms with Crippen molar-refractivity contribution in [2.45, 2.75) is 12.0 Å². The fourth-order valence-corrected chi connectivity index (χ4v) is 4.66. The molecule has 0 heterocycles. The maximum Gasteiger partial charge on any atom is 0.410 e. The number of carbonyl (C=O) groups is 2. The second-order valence-electron chi connectivity index (χ2n) is 7.33. The van der Waals surface area contributed by atoms with Crippen molar-refractivity contribution in [3.63, 3.8) is 0 Å². The van der Waals surface area contributed by atoms with E-state index in [1.54, 1.807) is 18.2 Å². The quantitative estimate of drug-likeness (QED) is 0.414. The third-order valence-electron chi connectivity index (χ3n) is 5.50. The van der Waals surface area contributed by atoms with Gasteiger partial charge in [0.15, 0.2) is 6.04 Å². The number of halogens is 2. The number of hydrogen-bond donors (Lipinski definition) is 1. The van der Waals surface area contributed by atoms with Gasteiger partial charge in [-0.1, -0.05) is 54.6 Å². The van der Waals surface area contributed by atoms with E-state index < -0.39 is 18.1 Å². The van der Waals surface area contributed by atoms with E-state index in [-0.39, 0.29) is 12.5 Å². The minimum Gasteiger partial charge on any atom is -0.479 e. The number of rotatable bonds is 5. The number of likely N-dealkylation sites (N-methyl/N-ethyl adjacent to an activating group) is 1. The van der Waals surface area contributed by atoms with Crippen molar-refractivity contribution in [2.75, 3.05) is 13.7 Å². The molecule has 1 N–H and O–H groups in total. The van der Waals surface area contributed by atoms with Gasteiger partial charge in [-0.25, -0.2) is 9.59 Å². The summed E-state index contributed by atoms with van der Waals surface area (Å²) >= 11 is 6.75. The van der Waals surface area contributed by atoms with Crippen LogP contribution in [0.15, 0.2) is 75.7 Å². The molecule has 3 aromatic carbocycles. The van der Waals surface area contributed by atoms with Crippen molar-refractivity contribution in [3.8, 4) is 11.1 Å². The molecule has 0 spiro atoms. The Bertz CT molecular complexity index is 1120. The number of nitrogens with zero attached hydrogens (tertiary/aromatic N) is 1. The number of amides is 1. The van der Waals surface area contributed by atoms with E-state index >= 15 is 0 Å². The first kappa shape index (κ1) is 21.6. The lowest BCUT2D eigenvalue weighted by atomic mass is 9.98. The van der Waals surface area contributed by atoms with E-state index in [0.29, 0.717) is 10.0 Å². The number of benzene rings is 3. The summed E-state index contributed by atoms with van der Waals surface area (Å²) in [7, 11) is 1.44. The number of aliphatic carboxylic acids is 1. The summed E-state index contributed by atoms with van der Waals surface area (Å²) in [6.45, 7) is 0.133. The summed E-state index contributed by atoms with van der Waals surface area (Å²) in [5, 5.41) is 9.77. The molecular formula is C24H19Br2NO4. The highest BCUT2D eigenvalue weighted by Crippen LogP contribution is 2.44. The molecule has 31 heavy (non-hydrogen) atoms. The van der Waals surface area contributed by atoms with Gasteiger partial charge in [-0.05, 0) is 71.8 Å². The minimum absolute atomic E-state index is 0.0881. The highest BCUT2D eigenvalue weighted by atomic mass is 79.9. The molecule has 0 bridgehead atoms. The summed E-state index contributed by atoms with van der Waals surface area (Å²) in [5.74, 6) is -1.22. The van der Waals surface area contributed by atoms with Crippen molar-refractivity contribution in [3.05, 3.63) is 92.4 Å². The molecule has 0 fully saturated rings. The van der Waals surface area contributed by atoms with Gasteiger partial charge in [0.05, 0.1) is 0 Å². The normalized spacial score (nSPS) is 13.3. The molecule has 0 aliphatic heterocycles. The van der Waals surface area contributed by atoms with Crippen LogP contribution >= 0.6 is 31.9 Å². The topological polar surface area (TPSA) is 66.8 Å². The van der Waals surface area contributed by atoms with Gasteiger partial charge in [0, 0.05) is 21.9 Å². The Morgan fingerprint density at radius 3 is 2.10 bits per heavy atom. The molecular weight excluding hydrogens is 526 g/mol. The Hall–Kier alpha value is -2.64. The zero-order valence-corrected chi connectivity index (χ0v) is 19.8. The Morgan fingerprint density at radius 1 is 0.968 bits per heavy atom. The zero-order valence-electron chi connectivity index (χ0n) is 16.6. The van der Waals surface area contributed by atoms with Crippen LogP contribution in [-0.2, 0) is 9.53 Å². The van der Waals surface area contributed by atoms with Crippen LogP contribution in [0.4, 0.5) is 4.79 Å². The molecule has 0 aromatic heterocycles. The van der Waals surface area contributed by atoms with E-state index in [0.717, 1.165) is 31.6 Å². The molecule has 0 saturated heterocycles. The SMILES string of the molecule is CN(C(=O)OCC1c2ccccc2-c2ccccc21)C(C(=O)O)c1ccc(Br)c(Br)c1. The van der Waals surface area contributed by atoms with E-state index in [9.17, 15) is 14.7 Å². The van der Waals surface area contributed by atoms with Gasteiger partial charge in [0.1, 0.15) is 6.61 Å². The molecule has 158 valence electrons. The molecule has 1 atom stereocenters. The summed E-state index contributed by atoms with van der Waals surface area (Å²) in [6.07, 6.45) is -0.687. The predicted octanol–water partition coefficient (Wildman–Crippen LogP) is 6.22. The first-order chi connectivity index (χ1) is 14.9. The van der Waals surface area contributed by atoms with Crippen LogP contribution in [0, 0.1) is 0 Å². The number of fused-ring (bicyclic) bond motifs is 3. The van der Waals surface area contributed by atoms with Crippen molar-refractivity contribution in [1.29, 1.82) is 0 Å². The van der Waals surface area contributed by atoms with Gasteiger partial charge in [-0.3, -0.25) is 4.90 Å². The van der Waals surface area contributed by atoms with Gasteiger partial charge in [0.2, 0.25) is 0 Å². The second kappa shape index (κ2) is 8.85. The Kier molecular flexibility index (Phi) is 6.16. The first-order valence-corrected chi connectivity index (χ1v) is 11.2. The monoisotopic (exact) mass is 543 g/mol. The molecule has 0 saturated carbocycles. The van der Waals surface area contributed by atoms with Crippen LogP contribution in [0.3, 0.4) is 0 Å². The molecule has 1 unspecified atom stereocenters.